The summed E-state index contributed by atoms with van der Waals surface area (Å²) < 4.78 is 27.8. The fourth-order valence-corrected chi connectivity index (χ4v) is 2.86. The van der Waals surface area contributed by atoms with Gasteiger partial charge in [0.1, 0.15) is 0 Å². The van der Waals surface area contributed by atoms with Crippen LogP contribution in [0.2, 0.25) is 0 Å². The molecule has 0 spiro atoms. The highest BCUT2D eigenvalue weighted by Gasteiger charge is 2.23. The van der Waals surface area contributed by atoms with E-state index in [1.807, 2.05) is 11.8 Å². The first-order valence-corrected chi connectivity index (χ1v) is 7.95. The molecule has 8 heteroatoms. The van der Waals surface area contributed by atoms with E-state index in [4.69, 9.17) is 10.6 Å². The summed E-state index contributed by atoms with van der Waals surface area (Å²) in [6, 6.07) is 0. The molecule has 0 bridgehead atoms. The van der Waals surface area contributed by atoms with E-state index in [1.54, 1.807) is 0 Å². The third kappa shape index (κ3) is 5.19. The Morgan fingerprint density at radius 3 is 2.67 bits per heavy atom. The van der Waals surface area contributed by atoms with Gasteiger partial charge in [-0.3, -0.25) is 10.4 Å². The van der Waals surface area contributed by atoms with Crippen LogP contribution in [0.5, 0.6) is 0 Å². The summed E-state index contributed by atoms with van der Waals surface area (Å²) in [5, 5.41) is 0. The number of nitrogens with zero attached hydrogens (tertiary/aromatic N) is 2. The average molecular weight is 278 g/mol. The lowest BCUT2D eigenvalue weighted by atomic mass is 10.4. The number of nitrogens with two attached hydrogens (primary N) is 1. The third-order valence-corrected chi connectivity index (χ3v) is 4.29. The molecule has 0 atom stereocenters. The van der Waals surface area contributed by atoms with Crippen molar-refractivity contribution in [2.45, 2.75) is 13.3 Å². The van der Waals surface area contributed by atoms with Crippen LogP contribution in [0.3, 0.4) is 0 Å². The summed E-state index contributed by atoms with van der Waals surface area (Å²) in [4.78, 5) is 6.18. The molecule has 18 heavy (non-hydrogen) atoms. The second-order valence-corrected chi connectivity index (χ2v) is 6.34. The van der Waals surface area contributed by atoms with Gasteiger partial charge in [0.15, 0.2) is 9.84 Å². The minimum atomic E-state index is -2.88. The van der Waals surface area contributed by atoms with Crippen LogP contribution in [-0.4, -0.2) is 63.6 Å². The van der Waals surface area contributed by atoms with Gasteiger partial charge >= 0.3 is 0 Å². The van der Waals surface area contributed by atoms with Gasteiger partial charge in [-0.15, -0.1) is 0 Å². The highest BCUT2D eigenvalue weighted by atomic mass is 32.2. The van der Waals surface area contributed by atoms with Crippen molar-refractivity contribution in [1.82, 2.24) is 10.3 Å². The highest BCUT2D eigenvalue weighted by molar-refractivity contribution is 7.91. The van der Waals surface area contributed by atoms with Crippen LogP contribution in [0.25, 0.3) is 0 Å². The normalized spacial score (nSPS) is 19.9. The van der Waals surface area contributed by atoms with E-state index in [2.05, 4.69) is 10.4 Å². The van der Waals surface area contributed by atoms with Gasteiger partial charge in [0.25, 0.3) is 0 Å². The Kier molecular flexibility index (Phi) is 6.37. The van der Waals surface area contributed by atoms with Crippen LogP contribution in [0.4, 0.5) is 0 Å². The molecule has 1 aliphatic rings. The van der Waals surface area contributed by atoms with Crippen LogP contribution in [0.1, 0.15) is 13.3 Å². The minimum absolute atomic E-state index is 0.159. The molecule has 0 amide bonds. The second-order valence-electron chi connectivity index (χ2n) is 4.04. The van der Waals surface area contributed by atoms with Gasteiger partial charge in [-0.05, 0) is 13.3 Å². The molecule has 0 aliphatic carbocycles. The molecule has 0 radical (unpaired) electrons. The largest absolute Gasteiger partial charge is 0.382 e. The maximum Gasteiger partial charge on any atom is 0.208 e. The van der Waals surface area contributed by atoms with Crippen molar-refractivity contribution in [3.63, 3.8) is 0 Å². The van der Waals surface area contributed by atoms with Crippen molar-refractivity contribution in [2.24, 2.45) is 10.8 Å². The maximum absolute atomic E-state index is 11.3. The smallest absolute Gasteiger partial charge is 0.208 e. The van der Waals surface area contributed by atoms with Gasteiger partial charge < -0.3 is 9.64 Å². The fourth-order valence-electron chi connectivity index (χ4n) is 1.66. The summed E-state index contributed by atoms with van der Waals surface area (Å²) in [6.45, 7) is 4.82. The molecular formula is C10H22N4O3S. The lowest BCUT2D eigenvalue weighted by molar-refractivity contribution is 0.146. The number of sulfone groups is 1. The van der Waals surface area contributed by atoms with E-state index >= 15 is 0 Å². The van der Waals surface area contributed by atoms with Crippen molar-refractivity contribution < 1.29 is 13.2 Å². The SMILES string of the molecule is CCOCCCN=C(NN)N1CCS(=O)(=O)CC1. The van der Waals surface area contributed by atoms with E-state index in [0.29, 0.717) is 38.8 Å². The van der Waals surface area contributed by atoms with Gasteiger partial charge in [-0.1, -0.05) is 0 Å². The van der Waals surface area contributed by atoms with Crippen molar-refractivity contribution in [2.75, 3.05) is 44.4 Å². The molecule has 0 aromatic carbocycles. The quantitative estimate of drug-likeness (QED) is 0.219. The van der Waals surface area contributed by atoms with Gasteiger partial charge in [0.2, 0.25) is 5.96 Å². The van der Waals surface area contributed by atoms with Crippen molar-refractivity contribution >= 4 is 15.8 Å². The molecular weight excluding hydrogens is 256 g/mol. The Balaban J connectivity index is 2.39. The zero-order valence-corrected chi connectivity index (χ0v) is 11.6. The molecule has 0 aromatic heterocycles. The van der Waals surface area contributed by atoms with Crippen molar-refractivity contribution in [1.29, 1.82) is 0 Å². The van der Waals surface area contributed by atoms with Gasteiger partial charge in [0, 0.05) is 32.8 Å². The Bertz CT molecular complexity index is 355. The van der Waals surface area contributed by atoms with Crippen LogP contribution < -0.4 is 11.3 Å². The van der Waals surface area contributed by atoms with E-state index < -0.39 is 9.84 Å². The lowest BCUT2D eigenvalue weighted by Crippen LogP contribution is -2.51. The Morgan fingerprint density at radius 1 is 1.44 bits per heavy atom. The van der Waals surface area contributed by atoms with Gasteiger partial charge in [-0.25, -0.2) is 14.3 Å². The molecule has 3 N–H and O–H groups in total. The second kappa shape index (κ2) is 7.55. The number of hydrazine groups is 1. The zero-order chi connectivity index (χ0) is 13.4. The first kappa shape index (κ1) is 15.2. The predicted molar refractivity (Wildman–Crippen MR) is 71.0 cm³/mol. The molecule has 0 saturated carbocycles. The number of ether oxygens (including phenoxy) is 1. The Hall–Kier alpha value is -0.860. The molecule has 106 valence electrons. The number of guanidine groups is 1. The van der Waals surface area contributed by atoms with Crippen molar-refractivity contribution in [3.8, 4) is 0 Å². The first-order chi connectivity index (χ1) is 8.59. The summed E-state index contributed by atoms with van der Waals surface area (Å²) in [6.07, 6.45) is 0.825. The predicted octanol–water partition coefficient (Wildman–Crippen LogP) is -1.04. The molecule has 1 rings (SSSR count). The summed E-state index contributed by atoms with van der Waals surface area (Å²) in [5.41, 5.74) is 2.53. The number of hydrogen-bond acceptors (Lipinski definition) is 5. The summed E-state index contributed by atoms with van der Waals surface area (Å²) in [7, 11) is -2.88. The maximum atomic E-state index is 11.3. The van der Waals surface area contributed by atoms with Gasteiger partial charge in [-0.2, -0.15) is 0 Å². The minimum Gasteiger partial charge on any atom is -0.382 e. The number of rotatable bonds is 5. The highest BCUT2D eigenvalue weighted by Crippen LogP contribution is 2.03. The summed E-state index contributed by atoms with van der Waals surface area (Å²) in [5.74, 6) is 6.28. The van der Waals surface area contributed by atoms with E-state index in [9.17, 15) is 8.42 Å². The molecule has 1 heterocycles. The Morgan fingerprint density at radius 2 is 2.11 bits per heavy atom. The van der Waals surface area contributed by atoms with Crippen LogP contribution in [0, 0.1) is 0 Å². The number of aliphatic imine (C=N–C) groups is 1. The molecule has 0 unspecified atom stereocenters. The lowest BCUT2D eigenvalue weighted by Gasteiger charge is -2.29. The van der Waals surface area contributed by atoms with Crippen LogP contribution in [-0.2, 0) is 14.6 Å². The molecule has 1 aliphatic heterocycles. The molecule has 1 saturated heterocycles. The fraction of sp³-hybridized carbons (Fsp3) is 0.900. The Labute approximate surface area is 108 Å². The standard InChI is InChI=1S/C10H22N4O3S/c1-2-17-7-3-4-12-10(13-11)14-5-8-18(15,16)9-6-14/h2-9,11H2,1H3,(H,12,13). The molecule has 1 fully saturated rings. The van der Waals surface area contributed by atoms with E-state index in [1.165, 1.54) is 0 Å². The average Bonchev–Trinajstić information content (AvgIpc) is 2.35. The number of nitrogens with one attached hydrogen (secondary N) is 1. The topological polar surface area (TPSA) is 97.0 Å². The first-order valence-electron chi connectivity index (χ1n) is 6.13. The van der Waals surface area contributed by atoms with Crippen molar-refractivity contribution in [3.05, 3.63) is 0 Å². The molecule has 7 nitrogen and oxygen atoms in total. The third-order valence-electron chi connectivity index (χ3n) is 2.69. The van der Waals surface area contributed by atoms with E-state index in [0.717, 1.165) is 6.42 Å². The molecule has 0 aromatic rings. The van der Waals surface area contributed by atoms with Crippen LogP contribution in [0.15, 0.2) is 4.99 Å². The summed E-state index contributed by atoms with van der Waals surface area (Å²) >= 11 is 0. The van der Waals surface area contributed by atoms with Crippen LogP contribution >= 0.6 is 0 Å². The monoisotopic (exact) mass is 278 g/mol. The van der Waals surface area contributed by atoms with Gasteiger partial charge in [0.05, 0.1) is 11.5 Å². The number of hydrogen-bond donors (Lipinski definition) is 2. The van der Waals surface area contributed by atoms with E-state index in [-0.39, 0.29) is 11.5 Å². The zero-order valence-electron chi connectivity index (χ0n) is 10.8.